The maximum Gasteiger partial charge on any atom is 0.231 e. The second-order valence-corrected chi connectivity index (χ2v) is 4.42. The zero-order valence-corrected chi connectivity index (χ0v) is 9.43. The number of benzene rings is 1. The molecule has 1 heterocycles. The molecule has 0 aliphatic carbocycles. The van der Waals surface area contributed by atoms with Crippen LogP contribution in [0.4, 0.5) is 0 Å². The van der Waals surface area contributed by atoms with Crippen molar-refractivity contribution in [3.05, 3.63) is 35.9 Å². The number of carbonyl (C=O) groups excluding carboxylic acids is 1. The molecule has 1 saturated heterocycles. The number of hydrogen-bond donors (Lipinski definition) is 1. The van der Waals surface area contributed by atoms with E-state index in [9.17, 15) is 4.79 Å². The van der Waals surface area contributed by atoms with E-state index < -0.39 is 0 Å². The van der Waals surface area contributed by atoms with E-state index in [1.807, 2.05) is 6.07 Å². The molecule has 16 heavy (non-hydrogen) atoms. The summed E-state index contributed by atoms with van der Waals surface area (Å²) in [5, 5.41) is 0. The van der Waals surface area contributed by atoms with Crippen LogP contribution in [0.3, 0.4) is 0 Å². The fraction of sp³-hybridized carbons (Fsp3) is 0.462. The molecule has 0 aromatic heterocycles. The van der Waals surface area contributed by atoms with Crippen molar-refractivity contribution < 1.29 is 4.79 Å². The monoisotopic (exact) mass is 218 g/mol. The molecule has 2 rings (SSSR count). The van der Waals surface area contributed by atoms with Crippen molar-refractivity contribution in [3.63, 3.8) is 0 Å². The lowest BCUT2D eigenvalue weighted by Crippen LogP contribution is -2.38. The van der Waals surface area contributed by atoms with Crippen molar-refractivity contribution >= 4 is 5.91 Å². The number of carbonyl (C=O) groups is 1. The van der Waals surface area contributed by atoms with Crippen LogP contribution in [0.15, 0.2) is 30.3 Å². The lowest BCUT2D eigenvalue weighted by Gasteiger charge is -2.22. The first-order valence-electron chi connectivity index (χ1n) is 5.82. The van der Waals surface area contributed by atoms with E-state index in [1.165, 1.54) is 18.4 Å². The number of likely N-dealkylation sites (tertiary alicyclic amines) is 1. The van der Waals surface area contributed by atoms with E-state index in [2.05, 4.69) is 29.2 Å². The molecule has 1 aromatic carbocycles. The summed E-state index contributed by atoms with van der Waals surface area (Å²) in [6, 6.07) is 10.9. The Labute approximate surface area is 96.2 Å². The third kappa shape index (κ3) is 2.83. The van der Waals surface area contributed by atoms with Crippen LogP contribution >= 0.6 is 0 Å². The van der Waals surface area contributed by atoms with Gasteiger partial charge in [0.2, 0.25) is 5.91 Å². The molecular formula is C13H18N2O. The largest absolute Gasteiger partial charge is 0.369 e. The molecule has 0 radical (unpaired) electrons. The van der Waals surface area contributed by atoms with Crippen molar-refractivity contribution in [1.29, 1.82) is 0 Å². The molecule has 1 fully saturated rings. The lowest BCUT2D eigenvalue weighted by molar-refractivity contribution is -0.119. The standard InChI is InChI=1S/C13H18N2O/c14-13(16)10-15-8-4-7-12(15)9-11-5-2-1-3-6-11/h1-3,5-6,12H,4,7-10H2,(H2,14,16)/t12-/m0/s1. The SMILES string of the molecule is NC(=O)CN1CCC[C@H]1Cc1ccccc1. The van der Waals surface area contributed by atoms with Gasteiger partial charge in [0.15, 0.2) is 0 Å². The second-order valence-electron chi connectivity index (χ2n) is 4.42. The highest BCUT2D eigenvalue weighted by Gasteiger charge is 2.25. The second kappa shape index (κ2) is 5.12. The van der Waals surface area contributed by atoms with Crippen LogP contribution in [-0.4, -0.2) is 29.9 Å². The number of nitrogens with two attached hydrogens (primary N) is 1. The number of nitrogens with zero attached hydrogens (tertiary/aromatic N) is 1. The smallest absolute Gasteiger partial charge is 0.231 e. The number of hydrogen-bond acceptors (Lipinski definition) is 2. The number of primary amides is 1. The quantitative estimate of drug-likeness (QED) is 0.825. The zero-order chi connectivity index (χ0) is 11.4. The Kier molecular flexibility index (Phi) is 3.57. The molecular weight excluding hydrogens is 200 g/mol. The predicted molar refractivity (Wildman–Crippen MR) is 63.9 cm³/mol. The van der Waals surface area contributed by atoms with Gasteiger partial charge in [0.05, 0.1) is 6.54 Å². The van der Waals surface area contributed by atoms with Crippen LogP contribution in [0.1, 0.15) is 18.4 Å². The van der Waals surface area contributed by atoms with Gasteiger partial charge in [-0.15, -0.1) is 0 Å². The first-order valence-corrected chi connectivity index (χ1v) is 5.82. The maximum atomic E-state index is 10.9. The van der Waals surface area contributed by atoms with Crippen LogP contribution in [0.5, 0.6) is 0 Å². The summed E-state index contributed by atoms with van der Waals surface area (Å²) in [5.41, 5.74) is 6.58. The highest BCUT2D eigenvalue weighted by Crippen LogP contribution is 2.20. The van der Waals surface area contributed by atoms with E-state index in [1.54, 1.807) is 0 Å². The average Bonchev–Trinajstić information content (AvgIpc) is 2.66. The highest BCUT2D eigenvalue weighted by atomic mass is 16.1. The average molecular weight is 218 g/mol. The van der Waals surface area contributed by atoms with Gasteiger partial charge in [-0.25, -0.2) is 0 Å². The Morgan fingerprint density at radius 3 is 2.81 bits per heavy atom. The molecule has 0 bridgehead atoms. The van der Waals surface area contributed by atoms with Crippen LogP contribution in [-0.2, 0) is 11.2 Å². The highest BCUT2D eigenvalue weighted by molar-refractivity contribution is 5.76. The normalized spacial score (nSPS) is 21.1. The van der Waals surface area contributed by atoms with Crippen LogP contribution in [0.25, 0.3) is 0 Å². The molecule has 3 heteroatoms. The molecule has 2 N–H and O–H groups in total. The molecule has 0 saturated carbocycles. The first-order chi connectivity index (χ1) is 7.75. The van der Waals surface area contributed by atoms with Crippen LogP contribution < -0.4 is 5.73 Å². The van der Waals surface area contributed by atoms with Crippen LogP contribution in [0.2, 0.25) is 0 Å². The summed E-state index contributed by atoms with van der Waals surface area (Å²) in [7, 11) is 0. The fourth-order valence-corrected chi connectivity index (χ4v) is 2.42. The van der Waals surface area contributed by atoms with E-state index in [0.717, 1.165) is 13.0 Å². The summed E-state index contributed by atoms with van der Waals surface area (Å²) >= 11 is 0. The first kappa shape index (κ1) is 11.1. The van der Waals surface area contributed by atoms with E-state index >= 15 is 0 Å². The fourth-order valence-electron chi connectivity index (χ4n) is 2.42. The summed E-state index contributed by atoms with van der Waals surface area (Å²) < 4.78 is 0. The van der Waals surface area contributed by atoms with Gasteiger partial charge < -0.3 is 5.73 Å². The Morgan fingerprint density at radius 2 is 2.12 bits per heavy atom. The molecule has 1 aliphatic heterocycles. The molecule has 0 spiro atoms. The Hall–Kier alpha value is -1.35. The van der Waals surface area contributed by atoms with Gasteiger partial charge in [-0.2, -0.15) is 0 Å². The van der Waals surface area contributed by atoms with Crippen molar-refractivity contribution in [2.45, 2.75) is 25.3 Å². The lowest BCUT2D eigenvalue weighted by atomic mass is 10.0. The van der Waals surface area contributed by atoms with Gasteiger partial charge >= 0.3 is 0 Å². The van der Waals surface area contributed by atoms with Gasteiger partial charge in [0.25, 0.3) is 0 Å². The summed E-state index contributed by atoms with van der Waals surface area (Å²) in [6.07, 6.45) is 3.36. The van der Waals surface area contributed by atoms with Gasteiger partial charge in [0, 0.05) is 6.04 Å². The molecule has 0 unspecified atom stereocenters. The predicted octanol–water partition coefficient (Wildman–Crippen LogP) is 1.18. The number of amides is 1. The minimum atomic E-state index is -0.222. The topological polar surface area (TPSA) is 46.3 Å². The third-order valence-electron chi connectivity index (χ3n) is 3.17. The third-order valence-corrected chi connectivity index (χ3v) is 3.17. The summed E-state index contributed by atoms with van der Waals surface area (Å²) in [6.45, 7) is 1.40. The minimum Gasteiger partial charge on any atom is -0.369 e. The zero-order valence-electron chi connectivity index (χ0n) is 9.43. The van der Waals surface area contributed by atoms with Crippen molar-refractivity contribution in [3.8, 4) is 0 Å². The molecule has 1 amide bonds. The van der Waals surface area contributed by atoms with Crippen molar-refractivity contribution in [2.75, 3.05) is 13.1 Å². The molecule has 86 valence electrons. The molecule has 1 aromatic rings. The Morgan fingerprint density at radius 1 is 1.38 bits per heavy atom. The van der Waals surface area contributed by atoms with E-state index in [4.69, 9.17) is 5.73 Å². The summed E-state index contributed by atoms with van der Waals surface area (Å²) in [5.74, 6) is -0.222. The number of rotatable bonds is 4. The van der Waals surface area contributed by atoms with E-state index in [0.29, 0.717) is 12.6 Å². The Bertz CT molecular complexity index is 350. The maximum absolute atomic E-state index is 10.9. The minimum absolute atomic E-state index is 0.222. The van der Waals surface area contributed by atoms with Gasteiger partial charge in [-0.05, 0) is 31.4 Å². The summed E-state index contributed by atoms with van der Waals surface area (Å²) in [4.78, 5) is 13.1. The van der Waals surface area contributed by atoms with Gasteiger partial charge in [-0.3, -0.25) is 9.69 Å². The van der Waals surface area contributed by atoms with Crippen LogP contribution in [0, 0.1) is 0 Å². The van der Waals surface area contributed by atoms with Gasteiger partial charge in [0.1, 0.15) is 0 Å². The van der Waals surface area contributed by atoms with Crippen molar-refractivity contribution in [2.24, 2.45) is 5.73 Å². The van der Waals surface area contributed by atoms with E-state index in [-0.39, 0.29) is 5.91 Å². The van der Waals surface area contributed by atoms with Crippen molar-refractivity contribution in [1.82, 2.24) is 4.90 Å². The molecule has 1 aliphatic rings. The Balaban J connectivity index is 1.96. The molecule has 3 nitrogen and oxygen atoms in total. The van der Waals surface area contributed by atoms with Gasteiger partial charge in [-0.1, -0.05) is 30.3 Å². The molecule has 1 atom stereocenters.